The molecular formula is C10H8O2. The fraction of sp³-hybridized carbons (Fsp3) is 0.800. The van der Waals surface area contributed by atoms with Gasteiger partial charge in [0.25, 0.3) is 0 Å². The first-order valence-corrected chi connectivity index (χ1v) is 4.90. The van der Waals surface area contributed by atoms with E-state index in [1.54, 1.807) is 0 Å². The second-order valence-electron chi connectivity index (χ2n) is 5.22. The molecule has 0 aromatic carbocycles. The zero-order chi connectivity index (χ0) is 7.77. The minimum Gasteiger partial charge on any atom is -0.299 e. The molecule has 0 amide bonds. The Morgan fingerprint density at radius 3 is 1.33 bits per heavy atom. The average molecular weight is 160 g/mol. The van der Waals surface area contributed by atoms with Crippen molar-refractivity contribution in [3.8, 4) is 0 Å². The monoisotopic (exact) mass is 160 g/mol. The lowest BCUT2D eigenvalue weighted by atomic mass is 9.41. The maximum atomic E-state index is 11.7. The van der Waals surface area contributed by atoms with Crippen molar-refractivity contribution in [2.24, 2.45) is 47.3 Å². The van der Waals surface area contributed by atoms with E-state index in [0.717, 1.165) is 0 Å². The first kappa shape index (κ1) is 5.15. The van der Waals surface area contributed by atoms with Gasteiger partial charge in [-0.2, -0.15) is 0 Å². The van der Waals surface area contributed by atoms with Crippen molar-refractivity contribution in [1.29, 1.82) is 0 Å². The molecule has 0 aromatic rings. The molecule has 0 heterocycles. The van der Waals surface area contributed by atoms with E-state index in [1.807, 2.05) is 0 Å². The van der Waals surface area contributed by atoms with Gasteiger partial charge in [0.2, 0.25) is 0 Å². The first-order valence-electron chi connectivity index (χ1n) is 4.90. The minimum absolute atomic E-state index is 0.229. The van der Waals surface area contributed by atoms with E-state index in [9.17, 15) is 9.59 Å². The summed E-state index contributed by atoms with van der Waals surface area (Å²) in [6, 6.07) is 0. The summed E-state index contributed by atoms with van der Waals surface area (Å²) in [5.41, 5.74) is 0. The van der Waals surface area contributed by atoms with E-state index in [-0.39, 0.29) is 11.8 Å². The van der Waals surface area contributed by atoms with Crippen LogP contribution >= 0.6 is 0 Å². The number of hydrogen-bond acceptors (Lipinski definition) is 2. The number of carbonyl (C=O) groups excluding carboxylic acids is 2. The van der Waals surface area contributed by atoms with Gasteiger partial charge >= 0.3 is 0 Å². The van der Waals surface area contributed by atoms with Crippen LogP contribution in [0, 0.1) is 47.3 Å². The Hall–Kier alpha value is -0.660. The molecule has 6 saturated carbocycles. The molecule has 6 rings (SSSR count). The van der Waals surface area contributed by atoms with Crippen LogP contribution in [-0.2, 0) is 9.59 Å². The Bertz CT molecular complexity index is 336. The van der Waals surface area contributed by atoms with E-state index in [1.165, 1.54) is 0 Å². The largest absolute Gasteiger partial charge is 0.299 e. The maximum absolute atomic E-state index is 11.7. The molecule has 6 aliphatic rings. The number of Topliss-reactive ketones (excluding diaryl/α,β-unsaturated/α-hetero) is 2. The van der Waals surface area contributed by atoms with Gasteiger partial charge in [-0.3, -0.25) is 9.59 Å². The van der Waals surface area contributed by atoms with Crippen LogP contribution < -0.4 is 0 Å². The zero-order valence-corrected chi connectivity index (χ0v) is 6.44. The summed E-state index contributed by atoms with van der Waals surface area (Å²) in [5, 5.41) is 0. The van der Waals surface area contributed by atoms with Gasteiger partial charge in [-0.05, 0) is 23.7 Å². The summed E-state index contributed by atoms with van der Waals surface area (Å²) in [6.07, 6.45) is 0. The van der Waals surface area contributed by atoms with Crippen LogP contribution in [0.4, 0.5) is 0 Å². The molecule has 12 heavy (non-hydrogen) atoms. The summed E-state index contributed by atoms with van der Waals surface area (Å²) in [6.45, 7) is 0. The molecule has 8 atom stereocenters. The lowest BCUT2D eigenvalue weighted by Crippen LogP contribution is -2.61. The second-order valence-corrected chi connectivity index (χ2v) is 5.22. The van der Waals surface area contributed by atoms with Crippen LogP contribution in [0.25, 0.3) is 0 Å². The normalized spacial score (nSPS) is 78.3. The van der Waals surface area contributed by atoms with Crippen LogP contribution in [0.3, 0.4) is 0 Å². The Morgan fingerprint density at radius 2 is 1.00 bits per heavy atom. The van der Waals surface area contributed by atoms with Crippen LogP contribution in [0.2, 0.25) is 0 Å². The molecule has 0 N–H and O–H groups in total. The fourth-order valence-corrected chi connectivity index (χ4v) is 5.51. The number of ketones is 2. The third-order valence-electron chi connectivity index (χ3n) is 5.52. The molecule has 0 unspecified atom stereocenters. The van der Waals surface area contributed by atoms with Gasteiger partial charge in [-0.15, -0.1) is 0 Å². The van der Waals surface area contributed by atoms with Gasteiger partial charge in [0, 0.05) is 23.7 Å². The molecular weight excluding hydrogens is 152 g/mol. The van der Waals surface area contributed by atoms with Gasteiger partial charge < -0.3 is 0 Å². The van der Waals surface area contributed by atoms with Crippen molar-refractivity contribution in [2.75, 3.05) is 0 Å². The SMILES string of the molecule is O=C1[C@@H]2[C@@H]3[C@@H]4C(=O)[C@H]5[C@@H]([C@@H]14)[C@H]2[C@@H]53. The topological polar surface area (TPSA) is 34.1 Å². The first-order chi connectivity index (χ1) is 5.82. The van der Waals surface area contributed by atoms with E-state index < -0.39 is 0 Å². The highest BCUT2D eigenvalue weighted by molar-refractivity contribution is 6.07. The minimum atomic E-state index is 0.229. The summed E-state index contributed by atoms with van der Waals surface area (Å²) < 4.78 is 0. The molecule has 60 valence electrons. The lowest BCUT2D eigenvalue weighted by molar-refractivity contribution is -0.172. The standard InChI is InChI=1S/C10H8O2/c11-9-5-1-2-4(5)8-7(9)3(1)6(2)10(8)12/h1-8H/t1-,2-,3-,4+,5-,6+,7+,8-/m1/s1. The molecule has 0 saturated heterocycles. The van der Waals surface area contributed by atoms with Crippen LogP contribution in [0.15, 0.2) is 0 Å². The Labute approximate surface area is 69.3 Å². The van der Waals surface area contributed by atoms with Crippen molar-refractivity contribution in [3.05, 3.63) is 0 Å². The van der Waals surface area contributed by atoms with Gasteiger partial charge in [-0.1, -0.05) is 0 Å². The Kier molecular flexibility index (Phi) is 0.450. The molecule has 4 bridgehead atoms. The third-order valence-corrected chi connectivity index (χ3v) is 5.52. The van der Waals surface area contributed by atoms with Crippen LogP contribution in [0.5, 0.6) is 0 Å². The quantitative estimate of drug-likeness (QED) is 0.504. The molecule has 0 spiro atoms. The molecule has 6 fully saturated rings. The van der Waals surface area contributed by atoms with Crippen molar-refractivity contribution in [3.63, 3.8) is 0 Å². The predicted octanol–water partition coefficient (Wildman–Crippen LogP) is 0.122. The molecule has 0 radical (unpaired) electrons. The highest BCUT2D eigenvalue weighted by atomic mass is 16.1. The van der Waals surface area contributed by atoms with Crippen molar-refractivity contribution >= 4 is 11.6 Å². The predicted molar refractivity (Wildman–Crippen MR) is 37.9 cm³/mol. The van der Waals surface area contributed by atoms with Crippen molar-refractivity contribution in [2.45, 2.75) is 0 Å². The van der Waals surface area contributed by atoms with Gasteiger partial charge in [0.1, 0.15) is 11.6 Å². The average Bonchev–Trinajstić information content (AvgIpc) is 2.45. The van der Waals surface area contributed by atoms with Crippen LogP contribution in [0.1, 0.15) is 0 Å². The van der Waals surface area contributed by atoms with E-state index in [4.69, 9.17) is 0 Å². The Balaban J connectivity index is 1.93. The van der Waals surface area contributed by atoms with Gasteiger partial charge in [-0.25, -0.2) is 0 Å². The Morgan fingerprint density at radius 1 is 0.583 bits per heavy atom. The van der Waals surface area contributed by atoms with E-state index in [2.05, 4.69) is 0 Å². The van der Waals surface area contributed by atoms with Gasteiger partial charge in [0.05, 0.1) is 0 Å². The molecule has 6 aliphatic carbocycles. The van der Waals surface area contributed by atoms with E-state index >= 15 is 0 Å². The lowest BCUT2D eigenvalue weighted by Gasteiger charge is -2.61. The smallest absolute Gasteiger partial charge is 0.140 e. The highest BCUT2D eigenvalue weighted by Gasteiger charge is 2.90. The molecule has 0 aliphatic heterocycles. The molecule has 2 heteroatoms. The summed E-state index contributed by atoms with van der Waals surface area (Å²) in [7, 11) is 0. The molecule has 0 aromatic heterocycles. The fourth-order valence-electron chi connectivity index (χ4n) is 5.51. The third kappa shape index (κ3) is 0.212. The van der Waals surface area contributed by atoms with Gasteiger partial charge in [0.15, 0.2) is 0 Å². The van der Waals surface area contributed by atoms with Crippen molar-refractivity contribution < 1.29 is 9.59 Å². The molecule has 2 nitrogen and oxygen atoms in total. The maximum Gasteiger partial charge on any atom is 0.140 e. The zero-order valence-electron chi connectivity index (χ0n) is 6.44. The summed E-state index contributed by atoms with van der Waals surface area (Å²) >= 11 is 0. The number of carbonyl (C=O) groups is 2. The number of rotatable bonds is 0. The van der Waals surface area contributed by atoms with Crippen LogP contribution in [-0.4, -0.2) is 11.6 Å². The second kappa shape index (κ2) is 1.05. The summed E-state index contributed by atoms with van der Waals surface area (Å²) in [5.74, 6) is 4.65. The van der Waals surface area contributed by atoms with E-state index in [0.29, 0.717) is 47.1 Å². The van der Waals surface area contributed by atoms with Crippen molar-refractivity contribution in [1.82, 2.24) is 0 Å². The number of hydrogen-bond donors (Lipinski definition) is 0. The summed E-state index contributed by atoms with van der Waals surface area (Å²) in [4.78, 5) is 23.4. The highest BCUT2D eigenvalue weighted by Crippen LogP contribution is 2.85.